The highest BCUT2D eigenvalue weighted by molar-refractivity contribution is 6.32. The van der Waals surface area contributed by atoms with Crippen molar-refractivity contribution in [1.82, 2.24) is 9.55 Å². The van der Waals surface area contributed by atoms with Gasteiger partial charge in [-0.25, -0.2) is 4.98 Å². The Balaban J connectivity index is 2.18. The molecule has 24 heavy (non-hydrogen) atoms. The van der Waals surface area contributed by atoms with E-state index in [1.807, 2.05) is 24.3 Å². The highest BCUT2D eigenvalue weighted by atomic mass is 35.5. The molecule has 0 saturated heterocycles. The van der Waals surface area contributed by atoms with Gasteiger partial charge in [-0.15, -0.1) is 0 Å². The number of benzene rings is 1. The Hall–Kier alpha value is -2.54. The van der Waals surface area contributed by atoms with E-state index < -0.39 is 11.7 Å². The number of alkyl halides is 3. The van der Waals surface area contributed by atoms with E-state index in [1.165, 1.54) is 13.3 Å². The number of hydrogen-bond donors (Lipinski definition) is 0. The van der Waals surface area contributed by atoms with Gasteiger partial charge >= 0.3 is 6.18 Å². The Morgan fingerprint density at radius 3 is 2.71 bits per heavy atom. The first kappa shape index (κ1) is 16.3. The molecule has 0 unspecified atom stereocenters. The van der Waals surface area contributed by atoms with Crippen LogP contribution in [0.3, 0.4) is 0 Å². The quantitative estimate of drug-likeness (QED) is 0.506. The van der Waals surface area contributed by atoms with Crippen LogP contribution in [0.2, 0.25) is 5.02 Å². The summed E-state index contributed by atoms with van der Waals surface area (Å²) in [7, 11) is 1.42. The third-order valence-electron chi connectivity index (χ3n) is 3.42. The number of fused-ring (bicyclic) bond motifs is 1. The summed E-state index contributed by atoms with van der Waals surface area (Å²) in [6, 6.07) is 8.20. The molecule has 0 aliphatic carbocycles. The SMILES string of the molecule is CO/N=C\c1cn(-c2ncc(C(F)(F)F)cc2Cl)c2ccccc12. The van der Waals surface area contributed by atoms with Crippen LogP contribution in [0, 0.1) is 0 Å². The highest BCUT2D eigenvalue weighted by Gasteiger charge is 2.31. The lowest BCUT2D eigenvalue weighted by molar-refractivity contribution is -0.137. The number of pyridine rings is 1. The van der Waals surface area contributed by atoms with E-state index in [9.17, 15) is 13.2 Å². The third kappa shape index (κ3) is 2.94. The molecule has 1 aromatic carbocycles. The fraction of sp³-hybridized carbons (Fsp3) is 0.125. The molecular weight excluding hydrogens is 343 g/mol. The van der Waals surface area contributed by atoms with Crippen molar-refractivity contribution in [2.45, 2.75) is 6.18 Å². The van der Waals surface area contributed by atoms with Crippen LogP contribution in [0.15, 0.2) is 47.9 Å². The van der Waals surface area contributed by atoms with Gasteiger partial charge in [0, 0.05) is 23.3 Å². The Kier molecular flexibility index (Phi) is 4.19. The van der Waals surface area contributed by atoms with Crippen molar-refractivity contribution in [2.75, 3.05) is 7.11 Å². The van der Waals surface area contributed by atoms with Crippen molar-refractivity contribution >= 4 is 28.7 Å². The van der Waals surface area contributed by atoms with Gasteiger partial charge in [0.2, 0.25) is 0 Å². The molecule has 3 aromatic rings. The normalized spacial score (nSPS) is 12.2. The van der Waals surface area contributed by atoms with Gasteiger partial charge in [0.15, 0.2) is 5.82 Å². The van der Waals surface area contributed by atoms with Gasteiger partial charge in [-0.3, -0.25) is 4.57 Å². The zero-order valence-corrected chi connectivity index (χ0v) is 13.1. The summed E-state index contributed by atoms with van der Waals surface area (Å²) in [6.45, 7) is 0. The van der Waals surface area contributed by atoms with E-state index in [4.69, 9.17) is 11.6 Å². The Labute approximate surface area is 140 Å². The van der Waals surface area contributed by atoms with Crippen LogP contribution in [0.1, 0.15) is 11.1 Å². The Morgan fingerprint density at radius 2 is 2.04 bits per heavy atom. The van der Waals surface area contributed by atoms with E-state index in [0.717, 1.165) is 28.7 Å². The van der Waals surface area contributed by atoms with Crippen LogP contribution in [0.4, 0.5) is 13.2 Å². The van der Waals surface area contributed by atoms with Gasteiger partial charge in [0.25, 0.3) is 0 Å². The molecule has 3 rings (SSSR count). The monoisotopic (exact) mass is 353 g/mol. The van der Waals surface area contributed by atoms with Gasteiger partial charge in [0.05, 0.1) is 22.3 Å². The number of nitrogens with zero attached hydrogens (tertiary/aromatic N) is 3. The smallest absolute Gasteiger partial charge is 0.399 e. The Morgan fingerprint density at radius 1 is 1.29 bits per heavy atom. The van der Waals surface area contributed by atoms with Gasteiger partial charge in [-0.1, -0.05) is 35.0 Å². The zero-order chi connectivity index (χ0) is 17.3. The zero-order valence-electron chi connectivity index (χ0n) is 12.4. The molecule has 0 bridgehead atoms. The van der Waals surface area contributed by atoms with Crippen LogP contribution < -0.4 is 0 Å². The van der Waals surface area contributed by atoms with Crippen molar-refractivity contribution in [2.24, 2.45) is 5.16 Å². The summed E-state index contributed by atoms with van der Waals surface area (Å²) in [5.74, 6) is 0.206. The molecule has 0 amide bonds. The lowest BCUT2D eigenvalue weighted by atomic mass is 10.2. The number of rotatable bonds is 3. The molecular formula is C16H11ClF3N3O. The van der Waals surface area contributed by atoms with Crippen LogP contribution in [-0.4, -0.2) is 22.9 Å². The maximum Gasteiger partial charge on any atom is 0.417 e. The summed E-state index contributed by atoms with van der Waals surface area (Å²) < 4.78 is 39.9. The summed E-state index contributed by atoms with van der Waals surface area (Å²) in [6.07, 6.45) is -0.533. The lowest BCUT2D eigenvalue weighted by Crippen LogP contribution is -2.07. The number of aromatic nitrogens is 2. The van der Waals surface area contributed by atoms with E-state index in [2.05, 4.69) is 15.0 Å². The second-order valence-corrected chi connectivity index (χ2v) is 5.32. The first-order valence-electron chi connectivity index (χ1n) is 6.81. The first-order chi connectivity index (χ1) is 11.4. The predicted octanol–water partition coefficient (Wildman–Crippen LogP) is 4.68. The summed E-state index contributed by atoms with van der Waals surface area (Å²) in [5, 5.41) is 4.47. The second kappa shape index (κ2) is 6.16. The molecule has 0 N–H and O–H groups in total. The fourth-order valence-corrected chi connectivity index (χ4v) is 2.61. The number of halogens is 4. The van der Waals surface area contributed by atoms with E-state index in [-0.39, 0.29) is 10.8 Å². The molecule has 4 nitrogen and oxygen atoms in total. The molecule has 8 heteroatoms. The molecule has 0 fully saturated rings. The minimum Gasteiger partial charge on any atom is -0.399 e. The van der Waals surface area contributed by atoms with Crippen LogP contribution in [-0.2, 0) is 11.0 Å². The molecule has 0 aliphatic rings. The molecule has 0 aliphatic heterocycles. The summed E-state index contributed by atoms with van der Waals surface area (Å²) in [5.41, 5.74) is 0.573. The highest BCUT2D eigenvalue weighted by Crippen LogP contribution is 2.33. The molecule has 2 aromatic heterocycles. The first-order valence-corrected chi connectivity index (χ1v) is 7.19. The summed E-state index contributed by atoms with van der Waals surface area (Å²) in [4.78, 5) is 8.57. The minimum absolute atomic E-state index is 0.0965. The number of oxime groups is 1. The average molecular weight is 354 g/mol. The van der Waals surface area contributed by atoms with E-state index >= 15 is 0 Å². The molecule has 124 valence electrons. The fourth-order valence-electron chi connectivity index (χ4n) is 2.36. The molecule has 0 atom stereocenters. The molecule has 0 spiro atoms. The maximum atomic E-state index is 12.8. The second-order valence-electron chi connectivity index (χ2n) is 4.92. The largest absolute Gasteiger partial charge is 0.417 e. The van der Waals surface area contributed by atoms with Crippen molar-refractivity contribution in [1.29, 1.82) is 0 Å². The summed E-state index contributed by atoms with van der Waals surface area (Å²) >= 11 is 6.04. The van der Waals surface area contributed by atoms with Gasteiger partial charge in [0.1, 0.15) is 7.11 Å². The van der Waals surface area contributed by atoms with Gasteiger partial charge in [-0.05, 0) is 12.1 Å². The van der Waals surface area contributed by atoms with Crippen molar-refractivity contribution in [3.05, 3.63) is 58.9 Å². The van der Waals surface area contributed by atoms with Crippen LogP contribution in [0.25, 0.3) is 16.7 Å². The standard InChI is InChI=1S/C16H11ClF3N3O/c1-24-22-7-10-9-23(14-5-3-2-4-12(10)14)15-13(17)6-11(8-21-15)16(18,19)20/h2-9H,1H3/b22-7-. The van der Waals surface area contributed by atoms with Crippen molar-refractivity contribution in [3.63, 3.8) is 0 Å². The maximum absolute atomic E-state index is 12.8. The molecule has 0 radical (unpaired) electrons. The Bertz CT molecular complexity index is 919. The topological polar surface area (TPSA) is 39.4 Å². The lowest BCUT2D eigenvalue weighted by Gasteiger charge is -2.10. The number of hydrogen-bond acceptors (Lipinski definition) is 3. The minimum atomic E-state index is -4.50. The van der Waals surface area contributed by atoms with Crippen LogP contribution >= 0.6 is 11.6 Å². The van der Waals surface area contributed by atoms with E-state index in [1.54, 1.807) is 10.8 Å². The third-order valence-corrected chi connectivity index (χ3v) is 3.70. The van der Waals surface area contributed by atoms with Crippen LogP contribution in [0.5, 0.6) is 0 Å². The van der Waals surface area contributed by atoms with Crippen molar-refractivity contribution < 1.29 is 18.0 Å². The molecule has 2 heterocycles. The van der Waals surface area contributed by atoms with Crippen molar-refractivity contribution in [3.8, 4) is 5.82 Å². The van der Waals surface area contributed by atoms with E-state index in [0.29, 0.717) is 0 Å². The molecule has 0 saturated carbocycles. The van der Waals surface area contributed by atoms with Gasteiger partial charge < -0.3 is 4.84 Å². The average Bonchev–Trinajstić information content (AvgIpc) is 2.91. The number of para-hydroxylation sites is 1. The van der Waals surface area contributed by atoms with Gasteiger partial charge in [-0.2, -0.15) is 13.2 Å². The predicted molar refractivity (Wildman–Crippen MR) is 85.7 cm³/mol.